The van der Waals surface area contributed by atoms with Gasteiger partial charge in [0.05, 0.1) is 11.2 Å². The zero-order chi connectivity index (χ0) is 16.5. The van der Waals surface area contributed by atoms with Gasteiger partial charge < -0.3 is 5.73 Å². The molecule has 0 aliphatic rings. The Morgan fingerprint density at radius 1 is 1.04 bits per heavy atom. The smallest absolute Gasteiger partial charge is 0.160 e. The molecule has 4 aromatic rings. The highest BCUT2D eigenvalue weighted by molar-refractivity contribution is 5.80. The first-order chi connectivity index (χ1) is 11.8. The highest BCUT2D eigenvalue weighted by Gasteiger charge is 2.12. The zero-order valence-corrected chi connectivity index (χ0v) is 13.2. The lowest BCUT2D eigenvalue weighted by Gasteiger charge is -2.07. The first-order valence-electron chi connectivity index (χ1n) is 7.67. The predicted molar refractivity (Wildman–Crippen MR) is 92.1 cm³/mol. The van der Waals surface area contributed by atoms with Crippen LogP contribution in [0, 0.1) is 6.92 Å². The molecule has 4 rings (SSSR count). The number of aromatic nitrogens is 5. The molecule has 0 radical (unpaired) electrons. The minimum absolute atomic E-state index is 0.534. The van der Waals surface area contributed by atoms with Gasteiger partial charge in [-0.05, 0) is 36.2 Å². The molecule has 118 valence electrons. The minimum atomic E-state index is 0.534. The van der Waals surface area contributed by atoms with Gasteiger partial charge in [0.25, 0.3) is 0 Å². The Balaban J connectivity index is 1.87. The summed E-state index contributed by atoms with van der Waals surface area (Å²) in [5.74, 6) is 0.670. The molecule has 0 amide bonds. The number of aryl methyl sites for hydroxylation is 1. The average Bonchev–Trinajstić information content (AvgIpc) is 3.06. The fourth-order valence-corrected chi connectivity index (χ4v) is 2.79. The molecule has 0 bridgehead atoms. The summed E-state index contributed by atoms with van der Waals surface area (Å²) in [6.45, 7) is 2.59. The molecule has 0 unspecified atom stereocenters. The fraction of sp³-hybridized carbons (Fsp3) is 0.111. The third-order valence-corrected chi connectivity index (χ3v) is 4.07. The predicted octanol–water partition coefficient (Wildman–Crippen LogP) is 2.62. The SMILES string of the molecule is Cc1cc(-c2ncnn3cc(-c4ncccn4)cc23)ccc1CN. The van der Waals surface area contributed by atoms with Crippen molar-refractivity contribution in [2.45, 2.75) is 13.5 Å². The summed E-state index contributed by atoms with van der Waals surface area (Å²) in [5, 5.41) is 4.30. The van der Waals surface area contributed by atoms with Crippen LogP contribution >= 0.6 is 0 Å². The van der Waals surface area contributed by atoms with Crippen LogP contribution in [0.15, 0.2) is 55.2 Å². The van der Waals surface area contributed by atoms with Gasteiger partial charge in [-0.15, -0.1) is 0 Å². The molecular weight excluding hydrogens is 300 g/mol. The van der Waals surface area contributed by atoms with Crippen LogP contribution in [0.4, 0.5) is 0 Å². The van der Waals surface area contributed by atoms with Crippen LogP contribution in [0.3, 0.4) is 0 Å². The van der Waals surface area contributed by atoms with E-state index in [9.17, 15) is 0 Å². The summed E-state index contributed by atoms with van der Waals surface area (Å²) in [4.78, 5) is 13.1. The van der Waals surface area contributed by atoms with Crippen molar-refractivity contribution >= 4 is 5.52 Å². The van der Waals surface area contributed by atoms with Crippen LogP contribution in [-0.2, 0) is 6.54 Å². The van der Waals surface area contributed by atoms with Gasteiger partial charge >= 0.3 is 0 Å². The number of hydrogen-bond donors (Lipinski definition) is 1. The molecule has 2 N–H and O–H groups in total. The molecule has 3 heterocycles. The number of rotatable bonds is 3. The van der Waals surface area contributed by atoms with Gasteiger partial charge in [0.2, 0.25) is 0 Å². The van der Waals surface area contributed by atoms with Gasteiger partial charge in [-0.25, -0.2) is 19.5 Å². The standard InChI is InChI=1S/C18H16N6/c1-12-7-13(3-4-14(12)9-19)17-16-8-15(10-24(16)23-11-22-17)18-20-5-2-6-21-18/h2-8,10-11H,9,19H2,1H3. The Kier molecular flexibility index (Phi) is 3.51. The molecule has 1 aromatic carbocycles. The van der Waals surface area contributed by atoms with Crippen molar-refractivity contribution in [2.24, 2.45) is 5.73 Å². The highest BCUT2D eigenvalue weighted by atomic mass is 15.2. The van der Waals surface area contributed by atoms with Gasteiger partial charge in [0.1, 0.15) is 6.33 Å². The van der Waals surface area contributed by atoms with Crippen LogP contribution in [0.1, 0.15) is 11.1 Å². The van der Waals surface area contributed by atoms with Gasteiger partial charge in [0.15, 0.2) is 5.82 Å². The number of nitrogens with zero attached hydrogens (tertiary/aromatic N) is 5. The van der Waals surface area contributed by atoms with Crippen molar-refractivity contribution in [1.29, 1.82) is 0 Å². The van der Waals surface area contributed by atoms with Gasteiger partial charge in [-0.3, -0.25) is 0 Å². The second-order valence-electron chi connectivity index (χ2n) is 5.59. The molecule has 0 saturated heterocycles. The van der Waals surface area contributed by atoms with Crippen molar-refractivity contribution < 1.29 is 0 Å². The van der Waals surface area contributed by atoms with Gasteiger partial charge in [-0.1, -0.05) is 12.1 Å². The number of hydrogen-bond acceptors (Lipinski definition) is 5. The lowest BCUT2D eigenvalue weighted by Crippen LogP contribution is -2.00. The Morgan fingerprint density at radius 2 is 1.88 bits per heavy atom. The maximum Gasteiger partial charge on any atom is 0.160 e. The Morgan fingerprint density at radius 3 is 2.62 bits per heavy atom. The van der Waals surface area contributed by atoms with E-state index in [4.69, 9.17) is 5.73 Å². The highest BCUT2D eigenvalue weighted by Crippen LogP contribution is 2.27. The molecule has 0 atom stereocenters. The van der Waals surface area contributed by atoms with Gasteiger partial charge in [-0.2, -0.15) is 5.10 Å². The lowest BCUT2D eigenvalue weighted by molar-refractivity contribution is 0.906. The molecule has 0 aliphatic carbocycles. The van der Waals surface area contributed by atoms with Crippen LogP contribution < -0.4 is 5.73 Å². The number of fused-ring (bicyclic) bond motifs is 1. The molecular formula is C18H16N6. The minimum Gasteiger partial charge on any atom is -0.326 e. The summed E-state index contributed by atoms with van der Waals surface area (Å²) in [5.41, 5.74) is 11.8. The van der Waals surface area contributed by atoms with Crippen molar-refractivity contribution in [3.05, 3.63) is 66.4 Å². The third kappa shape index (κ3) is 2.43. The van der Waals surface area contributed by atoms with Crippen LogP contribution in [0.5, 0.6) is 0 Å². The second-order valence-corrected chi connectivity index (χ2v) is 5.59. The summed E-state index contributed by atoms with van der Waals surface area (Å²) < 4.78 is 1.81. The summed E-state index contributed by atoms with van der Waals surface area (Å²) in [6, 6.07) is 10.0. The van der Waals surface area contributed by atoms with Gasteiger partial charge in [0, 0.05) is 36.3 Å². The third-order valence-electron chi connectivity index (χ3n) is 4.07. The molecule has 24 heavy (non-hydrogen) atoms. The lowest BCUT2D eigenvalue weighted by atomic mass is 10.0. The largest absolute Gasteiger partial charge is 0.326 e. The van der Waals surface area contributed by atoms with E-state index in [0.717, 1.165) is 33.5 Å². The summed E-state index contributed by atoms with van der Waals surface area (Å²) in [6.07, 6.45) is 6.93. The summed E-state index contributed by atoms with van der Waals surface area (Å²) in [7, 11) is 0. The van der Waals surface area contributed by atoms with E-state index >= 15 is 0 Å². The van der Waals surface area contributed by atoms with Crippen LogP contribution in [-0.4, -0.2) is 24.6 Å². The van der Waals surface area contributed by atoms with E-state index in [1.807, 2.05) is 24.4 Å². The van der Waals surface area contributed by atoms with Crippen molar-refractivity contribution in [3.8, 4) is 22.6 Å². The molecule has 0 fully saturated rings. The van der Waals surface area contributed by atoms with Crippen molar-refractivity contribution in [2.75, 3.05) is 0 Å². The topological polar surface area (TPSA) is 82.0 Å². The fourth-order valence-electron chi connectivity index (χ4n) is 2.79. The normalized spacial score (nSPS) is 11.1. The molecule has 0 aliphatic heterocycles. The monoisotopic (exact) mass is 316 g/mol. The van der Waals surface area contributed by atoms with E-state index < -0.39 is 0 Å². The maximum absolute atomic E-state index is 5.75. The Hall–Kier alpha value is -3.12. The molecule has 0 spiro atoms. The average molecular weight is 316 g/mol. The van der Waals surface area contributed by atoms with Crippen molar-refractivity contribution in [3.63, 3.8) is 0 Å². The van der Waals surface area contributed by atoms with Crippen LogP contribution in [0.25, 0.3) is 28.2 Å². The Bertz CT molecular complexity index is 1010. The van der Waals surface area contributed by atoms with E-state index in [1.165, 1.54) is 0 Å². The number of nitrogens with two attached hydrogens (primary N) is 1. The molecule has 0 saturated carbocycles. The van der Waals surface area contributed by atoms with E-state index in [2.05, 4.69) is 33.0 Å². The van der Waals surface area contributed by atoms with Crippen LogP contribution in [0.2, 0.25) is 0 Å². The molecule has 6 heteroatoms. The number of benzene rings is 1. The molecule has 6 nitrogen and oxygen atoms in total. The quantitative estimate of drug-likeness (QED) is 0.628. The Labute approximate surface area is 139 Å². The van der Waals surface area contributed by atoms with E-state index in [0.29, 0.717) is 12.4 Å². The summed E-state index contributed by atoms with van der Waals surface area (Å²) >= 11 is 0. The zero-order valence-electron chi connectivity index (χ0n) is 13.2. The maximum atomic E-state index is 5.75. The second kappa shape index (κ2) is 5.82. The van der Waals surface area contributed by atoms with Crippen molar-refractivity contribution in [1.82, 2.24) is 24.6 Å². The first-order valence-corrected chi connectivity index (χ1v) is 7.67. The van der Waals surface area contributed by atoms with E-state index in [-0.39, 0.29) is 0 Å². The van der Waals surface area contributed by atoms with E-state index in [1.54, 1.807) is 29.3 Å². The first kappa shape index (κ1) is 14.5. The molecule has 3 aromatic heterocycles.